The molecule has 0 spiro atoms. The highest BCUT2D eigenvalue weighted by atomic mass is 79.9. The number of rotatable bonds is 38. The van der Waals surface area contributed by atoms with Crippen LogP contribution >= 0.6 is 15.9 Å². The largest absolute Gasteiger partial charge is 0.494 e. The molecule has 0 saturated carbocycles. The number of carbonyl (C=O) groups excluding carboxylic acids is 4. The van der Waals surface area contributed by atoms with E-state index in [1.54, 1.807) is 9.42 Å². The Morgan fingerprint density at radius 1 is 0.350 bits per heavy atom. The number of benzene rings is 4. The lowest BCUT2D eigenvalue weighted by atomic mass is 10.0. The second-order valence-electron chi connectivity index (χ2n) is 28.9. The fraction of sp³-hybridized carbons (Fsp3) is 0.429. The van der Waals surface area contributed by atoms with Crippen molar-refractivity contribution < 1.29 is 42.5 Å². The lowest BCUT2D eigenvalue weighted by molar-refractivity contribution is -0.130. The molecule has 4 aromatic carbocycles. The Balaban J connectivity index is 0.000000245. The molecule has 24 nitrogen and oxygen atoms in total. The van der Waals surface area contributed by atoms with E-state index in [2.05, 4.69) is 22.0 Å². The van der Waals surface area contributed by atoms with Gasteiger partial charge < -0.3 is 38.5 Å². The van der Waals surface area contributed by atoms with E-state index in [-0.39, 0.29) is 63.2 Å². The van der Waals surface area contributed by atoms with Crippen molar-refractivity contribution in [3.8, 4) is 68.0 Å². The third-order valence-corrected chi connectivity index (χ3v) is 21.3. The maximum absolute atomic E-state index is 13.5. The van der Waals surface area contributed by atoms with Gasteiger partial charge in [-0.2, -0.15) is 20.4 Å². The number of amides is 4. The van der Waals surface area contributed by atoms with Crippen LogP contribution in [0.25, 0.3) is 67.6 Å². The van der Waals surface area contributed by atoms with Gasteiger partial charge in [0.2, 0.25) is 23.6 Å². The number of nitrogens with zero attached hydrogens (tertiary/aromatic N) is 16. The average Bonchev–Trinajstić information content (AvgIpc) is 1.60. The molecule has 12 rings (SSSR count). The summed E-state index contributed by atoms with van der Waals surface area (Å²) in [4.78, 5) is 79.5. The molecule has 12 aromatic rings. The normalized spacial score (nSPS) is 11.3. The molecule has 8 aromatic heterocycles. The fourth-order valence-electron chi connectivity index (χ4n) is 14.7. The van der Waals surface area contributed by atoms with Gasteiger partial charge in [-0.3, -0.25) is 23.6 Å². The molecule has 4 amide bonds. The predicted molar refractivity (Wildman–Crippen MR) is 463 cm³/mol. The summed E-state index contributed by atoms with van der Waals surface area (Å²) in [5.74, 6) is 3.19. The van der Waals surface area contributed by atoms with Gasteiger partial charge in [0.15, 0.2) is 22.6 Å². The minimum absolute atomic E-state index is 0. The molecule has 0 aliphatic carbocycles. The first kappa shape index (κ1) is 88.2. The van der Waals surface area contributed by atoms with Crippen LogP contribution in [0.2, 0.25) is 0 Å². The number of hydrogen-bond acceptors (Lipinski definition) is 16. The molecule has 0 N–H and O–H groups in total. The molecule has 0 saturated heterocycles. The zero-order valence-electron chi connectivity index (χ0n) is 69.7. The SMILES string of the molecule is C.CCN(CC)C(=O)Cc1c(-c2ccc(OCCCCOc3ccc(-c4nn5c(CCBr)cc(C)nc5c4CC(=O)N(CC)CC)cc3)cc2)nn2c(C)cc(C)nc12.CCN(CC)C(=O)Cc1c(-c2ccc(OCCCCOc3ccc(-c4nn5c(CC[18F])cc(C)nc5c4CC(=O)N(CC)CC)cc3)cc2)nn2c(C)cc(C)nc12. The molecular formula is C91H114BrFN16O8. The Morgan fingerprint density at radius 3 is 0.821 bits per heavy atom. The Morgan fingerprint density at radius 2 is 0.581 bits per heavy atom. The summed E-state index contributed by atoms with van der Waals surface area (Å²) in [6, 6.07) is 39.2. The van der Waals surface area contributed by atoms with Crippen LogP contribution in [0.1, 0.15) is 156 Å². The number of fused-ring (bicyclic) bond motifs is 4. The molecule has 0 unspecified atom stereocenters. The molecule has 0 aliphatic heterocycles. The van der Waals surface area contributed by atoms with Crippen LogP contribution in [0.15, 0.2) is 121 Å². The lowest BCUT2D eigenvalue weighted by Crippen LogP contribution is -2.31. The topological polar surface area (TPSA) is 239 Å². The van der Waals surface area contributed by atoms with Gasteiger partial charge in [-0.1, -0.05) is 23.4 Å². The Bertz CT molecular complexity index is 5020. The van der Waals surface area contributed by atoms with Crippen molar-refractivity contribution in [1.82, 2.24) is 78.0 Å². The number of aromatic nitrogens is 12. The summed E-state index contributed by atoms with van der Waals surface area (Å²) in [6.45, 7) is 34.5. The summed E-state index contributed by atoms with van der Waals surface area (Å²) in [6.07, 6.45) is 5.07. The van der Waals surface area contributed by atoms with E-state index in [4.69, 9.17) is 59.3 Å². The van der Waals surface area contributed by atoms with Crippen LogP contribution in [0.4, 0.5) is 4.39 Å². The molecule has 117 heavy (non-hydrogen) atoms. The summed E-state index contributed by atoms with van der Waals surface area (Å²) < 4.78 is 45.1. The number of unbranched alkanes of at least 4 members (excludes halogenated alkanes) is 2. The van der Waals surface area contributed by atoms with Crippen LogP contribution in [-0.4, -0.2) is 192 Å². The van der Waals surface area contributed by atoms with Crippen molar-refractivity contribution in [2.24, 2.45) is 0 Å². The van der Waals surface area contributed by atoms with Gasteiger partial charge in [0.25, 0.3) is 0 Å². The Kier molecular flexibility index (Phi) is 31.4. The molecule has 0 aliphatic rings. The summed E-state index contributed by atoms with van der Waals surface area (Å²) in [5, 5.41) is 20.5. The summed E-state index contributed by atoms with van der Waals surface area (Å²) in [5.41, 5.74) is 19.6. The van der Waals surface area contributed by atoms with Crippen molar-refractivity contribution in [2.45, 2.75) is 169 Å². The zero-order valence-corrected chi connectivity index (χ0v) is 71.3. The van der Waals surface area contributed by atoms with Gasteiger partial charge in [0, 0.05) is 154 Å². The van der Waals surface area contributed by atoms with Crippen LogP contribution in [0, 0.1) is 41.5 Å². The van der Waals surface area contributed by atoms with E-state index in [1.165, 1.54) is 0 Å². The van der Waals surface area contributed by atoms with Gasteiger partial charge in [-0.15, -0.1) is 0 Å². The maximum Gasteiger partial charge on any atom is 0.227 e. The summed E-state index contributed by atoms with van der Waals surface area (Å²) in [7, 11) is 0. The van der Waals surface area contributed by atoms with E-state index in [0.29, 0.717) is 101 Å². The smallest absolute Gasteiger partial charge is 0.227 e. The van der Waals surface area contributed by atoms with E-state index in [0.717, 1.165) is 173 Å². The molecule has 8 heterocycles. The third kappa shape index (κ3) is 21.2. The van der Waals surface area contributed by atoms with Crippen LogP contribution in [0.3, 0.4) is 0 Å². The first-order chi connectivity index (χ1) is 56.2. The first-order valence-corrected chi connectivity index (χ1v) is 41.9. The highest BCUT2D eigenvalue weighted by Gasteiger charge is 2.28. The first-order valence-electron chi connectivity index (χ1n) is 40.8. The number of likely N-dealkylation sites (N-methyl/N-ethyl adjacent to an activating group) is 4. The highest BCUT2D eigenvalue weighted by molar-refractivity contribution is 9.09. The van der Waals surface area contributed by atoms with Gasteiger partial charge in [0.05, 0.1) is 81.6 Å². The van der Waals surface area contributed by atoms with Crippen LogP contribution < -0.4 is 18.9 Å². The molecule has 0 radical (unpaired) electrons. The number of aryl methyl sites for hydroxylation is 8. The third-order valence-electron chi connectivity index (χ3n) is 20.9. The van der Waals surface area contributed by atoms with Crippen molar-refractivity contribution in [3.63, 3.8) is 0 Å². The number of halogens is 2. The number of carbonyl (C=O) groups is 4. The lowest BCUT2D eigenvalue weighted by Gasteiger charge is -2.18. The van der Waals surface area contributed by atoms with Gasteiger partial charge in [0.1, 0.15) is 23.0 Å². The van der Waals surface area contributed by atoms with Crippen LogP contribution in [0.5, 0.6) is 23.0 Å². The van der Waals surface area contributed by atoms with Crippen molar-refractivity contribution >= 4 is 62.1 Å². The zero-order chi connectivity index (χ0) is 82.7. The van der Waals surface area contributed by atoms with E-state index >= 15 is 0 Å². The molecule has 0 atom stereocenters. The predicted octanol–water partition coefficient (Wildman–Crippen LogP) is 16.3. The molecule has 26 heteroatoms. The van der Waals surface area contributed by atoms with E-state index in [9.17, 15) is 23.6 Å². The van der Waals surface area contributed by atoms with Crippen molar-refractivity contribution in [2.75, 3.05) is 90.8 Å². The van der Waals surface area contributed by atoms with Gasteiger partial charge >= 0.3 is 0 Å². The van der Waals surface area contributed by atoms with Gasteiger partial charge in [-0.05, 0) is 250 Å². The minimum Gasteiger partial charge on any atom is -0.494 e. The standard InChI is InChI=1S/C45H55BrN8O4.C45H55FN8O4.CH4/c2*1-8-51(9-2)40(55)28-38-42(49-53-32(7)26-30(5)47-44(38)53)33-14-18-36(19-15-33)57-24-12-13-25-58-37-20-16-34(17-21-37)43-39(29-41(56)52(10-3)11-4)45-48-31(6)27-35(22-23-46)54(45)50-43;/h2*14-21,26-27H,8-13,22-25,28-29H2,1-7H3;1H4/i;46-1;. The second kappa shape index (κ2) is 41.6. The minimum atomic E-state index is -0.515. The molecule has 620 valence electrons. The fourth-order valence-corrected chi connectivity index (χ4v) is 15.1. The molecule has 0 fully saturated rings. The molecular weight excluding hydrogens is 1540 g/mol. The second-order valence-corrected chi connectivity index (χ2v) is 29.7. The quantitative estimate of drug-likeness (QED) is 0.0258. The highest BCUT2D eigenvalue weighted by Crippen LogP contribution is 2.35. The number of hydrogen-bond donors (Lipinski definition) is 0. The van der Waals surface area contributed by atoms with Crippen molar-refractivity contribution in [3.05, 3.63) is 189 Å². The summed E-state index contributed by atoms with van der Waals surface area (Å²) >= 11 is 3.57. The van der Waals surface area contributed by atoms with E-state index in [1.807, 2.05) is 240 Å². The van der Waals surface area contributed by atoms with Crippen molar-refractivity contribution in [1.29, 1.82) is 0 Å². The Hall–Kier alpha value is -11.2. The van der Waals surface area contributed by atoms with E-state index < -0.39 is 6.67 Å². The van der Waals surface area contributed by atoms with Gasteiger partial charge in [-0.25, -0.2) is 38.0 Å². The molecule has 0 bridgehead atoms. The maximum atomic E-state index is 13.5. The monoisotopic (exact) mass is 1660 g/mol. The Labute approximate surface area is 695 Å². The average molecular weight is 1660 g/mol. The van der Waals surface area contributed by atoms with Crippen LogP contribution in [-0.2, 0) is 57.7 Å². The number of ether oxygens (including phenoxy) is 4. The number of alkyl halides is 2.